The maximum absolute atomic E-state index is 2.39. The zero-order chi connectivity index (χ0) is 34.7. The summed E-state index contributed by atoms with van der Waals surface area (Å²) in [5.41, 5.74) is 11.5. The SMILES string of the molecule is c1ccc(-c2c3ccccc3c(-c3ccccc3)c3cc(N(c4ccccc4)c4ccc(N(c5ccccc5)c5ccccc5)cc4)ccc23)cc1. The van der Waals surface area contributed by atoms with Gasteiger partial charge >= 0.3 is 0 Å². The number of benzene rings is 9. The lowest BCUT2D eigenvalue weighted by Crippen LogP contribution is -2.12. The number of nitrogens with zero attached hydrogens (tertiary/aromatic N) is 2. The summed E-state index contributed by atoms with van der Waals surface area (Å²) in [4.78, 5) is 4.67. The summed E-state index contributed by atoms with van der Waals surface area (Å²) in [6.45, 7) is 0. The van der Waals surface area contributed by atoms with E-state index in [1.807, 2.05) is 0 Å². The molecular formula is C50H36N2. The van der Waals surface area contributed by atoms with Gasteiger partial charge in [0.1, 0.15) is 0 Å². The van der Waals surface area contributed by atoms with Crippen LogP contribution in [0.5, 0.6) is 0 Å². The van der Waals surface area contributed by atoms with Gasteiger partial charge in [0.25, 0.3) is 0 Å². The average Bonchev–Trinajstić information content (AvgIpc) is 3.22. The Morgan fingerprint density at radius 1 is 0.212 bits per heavy atom. The second-order valence-electron chi connectivity index (χ2n) is 13.0. The van der Waals surface area contributed by atoms with Crippen LogP contribution in [0.1, 0.15) is 0 Å². The number of rotatable bonds is 8. The molecule has 0 aliphatic rings. The zero-order valence-corrected chi connectivity index (χ0v) is 28.7. The van der Waals surface area contributed by atoms with E-state index in [0.717, 1.165) is 34.1 Å². The molecule has 0 aromatic heterocycles. The third-order valence-electron chi connectivity index (χ3n) is 9.80. The maximum Gasteiger partial charge on any atom is 0.0468 e. The van der Waals surface area contributed by atoms with E-state index < -0.39 is 0 Å². The van der Waals surface area contributed by atoms with Crippen LogP contribution in [0.2, 0.25) is 0 Å². The summed E-state index contributed by atoms with van der Waals surface area (Å²) in [6, 6.07) is 78.2. The minimum Gasteiger partial charge on any atom is -0.311 e. The third kappa shape index (κ3) is 5.77. The van der Waals surface area contributed by atoms with Gasteiger partial charge in [-0.25, -0.2) is 0 Å². The Morgan fingerprint density at radius 3 is 0.923 bits per heavy atom. The van der Waals surface area contributed by atoms with Crippen LogP contribution in [0.25, 0.3) is 43.8 Å². The van der Waals surface area contributed by atoms with Gasteiger partial charge in [0.15, 0.2) is 0 Å². The van der Waals surface area contributed by atoms with Gasteiger partial charge in [-0.2, -0.15) is 0 Å². The number of hydrogen-bond donors (Lipinski definition) is 0. The van der Waals surface area contributed by atoms with Crippen molar-refractivity contribution in [2.75, 3.05) is 9.80 Å². The molecule has 0 radical (unpaired) electrons. The fraction of sp³-hybridized carbons (Fsp3) is 0. The minimum absolute atomic E-state index is 1.08. The van der Waals surface area contributed by atoms with Crippen LogP contribution < -0.4 is 9.80 Å². The summed E-state index contributed by atoms with van der Waals surface area (Å²) >= 11 is 0. The van der Waals surface area contributed by atoms with Gasteiger partial charge in [0.05, 0.1) is 0 Å². The second kappa shape index (κ2) is 13.8. The van der Waals surface area contributed by atoms with E-state index >= 15 is 0 Å². The molecule has 0 amide bonds. The fourth-order valence-corrected chi connectivity index (χ4v) is 7.51. The zero-order valence-electron chi connectivity index (χ0n) is 28.7. The molecule has 9 aromatic carbocycles. The minimum atomic E-state index is 1.08. The summed E-state index contributed by atoms with van der Waals surface area (Å²) in [5.74, 6) is 0. The Bertz CT molecular complexity index is 2550. The highest BCUT2D eigenvalue weighted by molar-refractivity contribution is 6.22. The highest BCUT2D eigenvalue weighted by atomic mass is 15.2. The Balaban J connectivity index is 1.25. The van der Waals surface area contributed by atoms with Crippen molar-refractivity contribution in [3.05, 3.63) is 218 Å². The van der Waals surface area contributed by atoms with Gasteiger partial charge in [-0.3, -0.25) is 0 Å². The lowest BCUT2D eigenvalue weighted by atomic mass is 9.85. The van der Waals surface area contributed by atoms with Gasteiger partial charge in [-0.15, -0.1) is 0 Å². The lowest BCUT2D eigenvalue weighted by Gasteiger charge is -2.29. The summed E-state index contributed by atoms with van der Waals surface area (Å²) in [6.07, 6.45) is 0. The van der Waals surface area contributed by atoms with E-state index in [1.165, 1.54) is 43.8 Å². The Hall–Kier alpha value is -6.90. The first-order valence-corrected chi connectivity index (χ1v) is 17.8. The predicted molar refractivity (Wildman–Crippen MR) is 222 cm³/mol. The van der Waals surface area contributed by atoms with Crippen LogP contribution in [0.3, 0.4) is 0 Å². The maximum atomic E-state index is 2.39. The molecule has 0 aliphatic heterocycles. The molecule has 2 nitrogen and oxygen atoms in total. The molecule has 0 heterocycles. The Labute approximate surface area is 305 Å². The van der Waals surface area contributed by atoms with E-state index in [2.05, 4.69) is 228 Å². The van der Waals surface area contributed by atoms with E-state index in [1.54, 1.807) is 0 Å². The first-order valence-electron chi connectivity index (χ1n) is 17.8. The van der Waals surface area contributed by atoms with Crippen LogP contribution in [0.15, 0.2) is 218 Å². The lowest BCUT2D eigenvalue weighted by molar-refractivity contribution is 1.26. The van der Waals surface area contributed by atoms with E-state index in [4.69, 9.17) is 0 Å². The van der Waals surface area contributed by atoms with Crippen molar-refractivity contribution in [3.8, 4) is 22.3 Å². The number of para-hydroxylation sites is 3. The highest BCUT2D eigenvalue weighted by Crippen LogP contribution is 2.46. The van der Waals surface area contributed by atoms with Crippen molar-refractivity contribution in [1.82, 2.24) is 0 Å². The molecular weight excluding hydrogens is 629 g/mol. The highest BCUT2D eigenvalue weighted by Gasteiger charge is 2.20. The van der Waals surface area contributed by atoms with Gasteiger partial charge in [0, 0.05) is 34.1 Å². The molecule has 0 saturated heterocycles. The molecule has 0 atom stereocenters. The van der Waals surface area contributed by atoms with Crippen molar-refractivity contribution in [2.45, 2.75) is 0 Å². The van der Waals surface area contributed by atoms with Crippen molar-refractivity contribution >= 4 is 55.7 Å². The van der Waals surface area contributed by atoms with Crippen molar-refractivity contribution in [1.29, 1.82) is 0 Å². The molecule has 246 valence electrons. The molecule has 2 heteroatoms. The quantitative estimate of drug-likeness (QED) is 0.149. The van der Waals surface area contributed by atoms with Crippen LogP contribution in [0.4, 0.5) is 34.1 Å². The van der Waals surface area contributed by atoms with Crippen molar-refractivity contribution in [3.63, 3.8) is 0 Å². The van der Waals surface area contributed by atoms with Crippen molar-refractivity contribution in [2.24, 2.45) is 0 Å². The molecule has 0 bridgehead atoms. The van der Waals surface area contributed by atoms with E-state index in [9.17, 15) is 0 Å². The molecule has 52 heavy (non-hydrogen) atoms. The molecule has 0 N–H and O–H groups in total. The summed E-state index contributed by atoms with van der Waals surface area (Å²) < 4.78 is 0. The van der Waals surface area contributed by atoms with E-state index in [-0.39, 0.29) is 0 Å². The standard InChI is InChI=1S/C50H36N2/c1-6-18-37(19-7-1)49-45-28-16-17-29-46(45)50(38-20-8-2-9-21-38)48-36-44(34-35-47(48)49)52(41-26-14-5-15-27-41)43-32-30-42(31-33-43)51(39-22-10-3-11-23-39)40-24-12-4-13-25-40/h1-36H. The Kier molecular flexibility index (Phi) is 8.24. The van der Waals surface area contributed by atoms with Crippen LogP contribution in [-0.4, -0.2) is 0 Å². The van der Waals surface area contributed by atoms with Gasteiger partial charge < -0.3 is 9.80 Å². The van der Waals surface area contributed by atoms with Gasteiger partial charge in [-0.05, 0) is 117 Å². The molecule has 9 rings (SSSR count). The first kappa shape index (κ1) is 31.1. The molecule has 0 spiro atoms. The Morgan fingerprint density at radius 2 is 0.500 bits per heavy atom. The normalized spacial score (nSPS) is 11.1. The number of fused-ring (bicyclic) bond motifs is 2. The number of hydrogen-bond acceptors (Lipinski definition) is 2. The topological polar surface area (TPSA) is 6.48 Å². The van der Waals surface area contributed by atoms with Crippen molar-refractivity contribution < 1.29 is 0 Å². The molecule has 0 fully saturated rings. The van der Waals surface area contributed by atoms with Crippen LogP contribution >= 0.6 is 0 Å². The summed E-state index contributed by atoms with van der Waals surface area (Å²) in [5, 5.41) is 4.95. The number of anilines is 6. The van der Waals surface area contributed by atoms with Crippen LogP contribution in [0, 0.1) is 0 Å². The predicted octanol–water partition coefficient (Wildman–Crippen LogP) is 14.3. The van der Waals surface area contributed by atoms with Gasteiger partial charge in [-0.1, -0.05) is 146 Å². The molecule has 9 aromatic rings. The first-order chi connectivity index (χ1) is 25.8. The monoisotopic (exact) mass is 664 g/mol. The molecule has 0 aliphatic carbocycles. The van der Waals surface area contributed by atoms with Gasteiger partial charge in [0.2, 0.25) is 0 Å². The third-order valence-corrected chi connectivity index (χ3v) is 9.80. The second-order valence-corrected chi connectivity index (χ2v) is 13.0. The molecule has 0 saturated carbocycles. The fourth-order valence-electron chi connectivity index (χ4n) is 7.51. The summed E-state index contributed by atoms with van der Waals surface area (Å²) in [7, 11) is 0. The smallest absolute Gasteiger partial charge is 0.0468 e. The molecule has 0 unspecified atom stereocenters. The van der Waals surface area contributed by atoms with E-state index in [0.29, 0.717) is 0 Å². The van der Waals surface area contributed by atoms with Crippen LogP contribution in [-0.2, 0) is 0 Å². The largest absolute Gasteiger partial charge is 0.311 e. The average molecular weight is 665 g/mol.